The molecule has 4 unspecified atom stereocenters. The number of carbonyl (C=O) groups excluding carboxylic acids is 2. The molecule has 26 heavy (non-hydrogen) atoms. The molecule has 1 aromatic carbocycles. The smallest absolute Gasteiger partial charge is 0.251 e. The number of hydrogen-bond donors (Lipinski definition) is 2. The second-order valence-electron chi connectivity index (χ2n) is 7.30. The molecule has 0 radical (unpaired) electrons. The summed E-state index contributed by atoms with van der Waals surface area (Å²) < 4.78 is 10.5. The Morgan fingerprint density at radius 2 is 1.88 bits per heavy atom. The van der Waals surface area contributed by atoms with Crippen molar-refractivity contribution in [3.8, 4) is 11.5 Å². The van der Waals surface area contributed by atoms with E-state index in [1.165, 1.54) is 0 Å². The standard InChI is InChI=1S/C20H28N2O4/c1-4-12-9-19(23)22-18-10-14(5-6-17(12)18)21-20(24)13-7-15(25-2)11-16(8-13)26-3/h7-8,11-12,14,17-18H,4-6,9-10H2,1-3H3,(H,21,24)(H,22,23). The molecule has 1 heterocycles. The normalized spacial score (nSPS) is 27.9. The maximum Gasteiger partial charge on any atom is 0.251 e. The van der Waals surface area contributed by atoms with E-state index in [0.717, 1.165) is 25.7 Å². The minimum atomic E-state index is -0.139. The third-order valence-corrected chi connectivity index (χ3v) is 5.78. The highest BCUT2D eigenvalue weighted by Crippen LogP contribution is 2.37. The van der Waals surface area contributed by atoms with Gasteiger partial charge in [0.2, 0.25) is 5.91 Å². The van der Waals surface area contributed by atoms with Crippen molar-refractivity contribution in [1.82, 2.24) is 10.6 Å². The molecule has 0 aromatic heterocycles. The first-order valence-electron chi connectivity index (χ1n) is 9.37. The van der Waals surface area contributed by atoms with Gasteiger partial charge in [-0.2, -0.15) is 0 Å². The summed E-state index contributed by atoms with van der Waals surface area (Å²) in [7, 11) is 3.13. The molecule has 1 aliphatic heterocycles. The van der Waals surface area contributed by atoms with Crippen LogP contribution in [0.2, 0.25) is 0 Å². The minimum absolute atomic E-state index is 0.0665. The fourth-order valence-corrected chi connectivity index (χ4v) is 4.36. The van der Waals surface area contributed by atoms with Gasteiger partial charge in [0.25, 0.3) is 5.91 Å². The predicted molar refractivity (Wildman–Crippen MR) is 98.5 cm³/mol. The Labute approximate surface area is 154 Å². The van der Waals surface area contributed by atoms with Crippen LogP contribution in [-0.4, -0.2) is 38.1 Å². The Morgan fingerprint density at radius 1 is 1.19 bits per heavy atom. The Hall–Kier alpha value is -2.24. The number of hydrogen-bond acceptors (Lipinski definition) is 4. The van der Waals surface area contributed by atoms with Crippen molar-refractivity contribution in [2.24, 2.45) is 11.8 Å². The SMILES string of the molecule is CCC1CC(=O)NC2CC(NC(=O)c3cc(OC)cc(OC)c3)CCC12. The second-order valence-corrected chi connectivity index (χ2v) is 7.30. The van der Waals surface area contributed by atoms with Crippen LogP contribution in [0.1, 0.15) is 49.4 Å². The van der Waals surface area contributed by atoms with Crippen molar-refractivity contribution in [3.63, 3.8) is 0 Å². The average Bonchev–Trinajstić information content (AvgIpc) is 2.66. The lowest BCUT2D eigenvalue weighted by Crippen LogP contribution is -2.55. The van der Waals surface area contributed by atoms with Gasteiger partial charge in [0, 0.05) is 30.1 Å². The zero-order chi connectivity index (χ0) is 18.7. The third kappa shape index (κ3) is 3.94. The molecule has 1 aromatic rings. The first kappa shape index (κ1) is 18.5. The second kappa shape index (κ2) is 7.98. The van der Waals surface area contributed by atoms with Gasteiger partial charge >= 0.3 is 0 Å². The van der Waals surface area contributed by atoms with E-state index < -0.39 is 0 Å². The molecule has 2 aliphatic rings. The summed E-state index contributed by atoms with van der Waals surface area (Å²) in [6.45, 7) is 2.16. The highest BCUT2D eigenvalue weighted by molar-refractivity contribution is 5.95. The van der Waals surface area contributed by atoms with Crippen LogP contribution in [0.4, 0.5) is 0 Å². The molecule has 4 atom stereocenters. The minimum Gasteiger partial charge on any atom is -0.497 e. The number of piperidine rings is 1. The van der Waals surface area contributed by atoms with Crippen LogP contribution < -0.4 is 20.1 Å². The summed E-state index contributed by atoms with van der Waals surface area (Å²) in [4.78, 5) is 24.6. The van der Waals surface area contributed by atoms with Crippen LogP contribution in [0.5, 0.6) is 11.5 Å². The van der Waals surface area contributed by atoms with Crippen molar-refractivity contribution in [2.45, 2.75) is 51.1 Å². The quantitative estimate of drug-likeness (QED) is 0.846. The van der Waals surface area contributed by atoms with Gasteiger partial charge in [0.05, 0.1) is 14.2 Å². The van der Waals surface area contributed by atoms with E-state index in [0.29, 0.717) is 35.3 Å². The highest BCUT2D eigenvalue weighted by atomic mass is 16.5. The fourth-order valence-electron chi connectivity index (χ4n) is 4.36. The molecule has 2 N–H and O–H groups in total. The molecule has 6 nitrogen and oxygen atoms in total. The van der Waals surface area contributed by atoms with Crippen molar-refractivity contribution >= 4 is 11.8 Å². The van der Waals surface area contributed by atoms with Crippen molar-refractivity contribution in [1.29, 1.82) is 0 Å². The Balaban J connectivity index is 1.66. The first-order chi connectivity index (χ1) is 12.5. The molecule has 2 amide bonds. The number of amides is 2. The van der Waals surface area contributed by atoms with Crippen LogP contribution in [0.25, 0.3) is 0 Å². The number of nitrogens with one attached hydrogen (secondary N) is 2. The van der Waals surface area contributed by atoms with Crippen molar-refractivity contribution in [3.05, 3.63) is 23.8 Å². The maximum absolute atomic E-state index is 12.7. The molecule has 2 fully saturated rings. The summed E-state index contributed by atoms with van der Waals surface area (Å²) in [5.74, 6) is 2.17. The molecule has 0 spiro atoms. The molecular formula is C20H28N2O4. The van der Waals surface area contributed by atoms with Gasteiger partial charge in [-0.3, -0.25) is 9.59 Å². The molecular weight excluding hydrogens is 332 g/mol. The zero-order valence-corrected chi connectivity index (χ0v) is 15.7. The summed E-state index contributed by atoms with van der Waals surface area (Å²) in [5.41, 5.74) is 0.516. The first-order valence-corrected chi connectivity index (χ1v) is 9.37. The van der Waals surface area contributed by atoms with Gasteiger partial charge < -0.3 is 20.1 Å². The molecule has 1 aliphatic carbocycles. The van der Waals surface area contributed by atoms with Gasteiger partial charge in [-0.05, 0) is 43.2 Å². The van der Waals surface area contributed by atoms with Crippen molar-refractivity contribution < 1.29 is 19.1 Å². The van der Waals surface area contributed by atoms with E-state index in [1.807, 2.05) is 0 Å². The van der Waals surface area contributed by atoms with Crippen LogP contribution >= 0.6 is 0 Å². The van der Waals surface area contributed by atoms with Crippen LogP contribution in [0, 0.1) is 11.8 Å². The molecule has 0 bridgehead atoms. The monoisotopic (exact) mass is 360 g/mol. The van der Waals surface area contributed by atoms with E-state index in [-0.39, 0.29) is 23.9 Å². The van der Waals surface area contributed by atoms with Crippen LogP contribution in [0.15, 0.2) is 18.2 Å². The third-order valence-electron chi connectivity index (χ3n) is 5.78. The van der Waals surface area contributed by atoms with Gasteiger partial charge in [-0.25, -0.2) is 0 Å². The summed E-state index contributed by atoms with van der Waals surface area (Å²) in [5, 5.41) is 6.25. The molecule has 1 saturated carbocycles. The number of ether oxygens (including phenoxy) is 2. The number of carbonyl (C=O) groups is 2. The number of rotatable bonds is 5. The van der Waals surface area contributed by atoms with Crippen LogP contribution in [0.3, 0.4) is 0 Å². The zero-order valence-electron chi connectivity index (χ0n) is 15.7. The Morgan fingerprint density at radius 3 is 2.50 bits per heavy atom. The summed E-state index contributed by atoms with van der Waals surface area (Å²) in [6.07, 6.45) is 4.45. The molecule has 3 rings (SSSR count). The lowest BCUT2D eigenvalue weighted by atomic mass is 9.70. The van der Waals surface area contributed by atoms with Gasteiger partial charge in [-0.1, -0.05) is 13.3 Å². The highest BCUT2D eigenvalue weighted by Gasteiger charge is 2.40. The Kier molecular flexibility index (Phi) is 5.69. The number of benzene rings is 1. The summed E-state index contributed by atoms with van der Waals surface area (Å²) >= 11 is 0. The van der Waals surface area contributed by atoms with E-state index in [4.69, 9.17) is 9.47 Å². The molecule has 1 saturated heterocycles. The number of methoxy groups -OCH3 is 2. The fraction of sp³-hybridized carbons (Fsp3) is 0.600. The summed E-state index contributed by atoms with van der Waals surface area (Å²) in [6, 6.07) is 5.39. The van der Waals surface area contributed by atoms with Gasteiger partial charge in [-0.15, -0.1) is 0 Å². The van der Waals surface area contributed by atoms with Crippen molar-refractivity contribution in [2.75, 3.05) is 14.2 Å². The van der Waals surface area contributed by atoms with Gasteiger partial charge in [0.1, 0.15) is 11.5 Å². The molecule has 6 heteroatoms. The van der Waals surface area contributed by atoms with E-state index in [9.17, 15) is 9.59 Å². The maximum atomic E-state index is 12.7. The van der Waals surface area contributed by atoms with E-state index in [2.05, 4.69) is 17.6 Å². The number of fused-ring (bicyclic) bond motifs is 1. The van der Waals surface area contributed by atoms with Crippen LogP contribution in [-0.2, 0) is 4.79 Å². The van der Waals surface area contributed by atoms with E-state index in [1.54, 1.807) is 32.4 Å². The largest absolute Gasteiger partial charge is 0.497 e. The average molecular weight is 360 g/mol. The predicted octanol–water partition coefficient (Wildman–Crippen LogP) is 2.52. The van der Waals surface area contributed by atoms with Gasteiger partial charge in [0.15, 0.2) is 0 Å². The molecule has 142 valence electrons. The Bertz CT molecular complexity index is 654. The topological polar surface area (TPSA) is 76.7 Å². The lowest BCUT2D eigenvalue weighted by molar-refractivity contribution is -0.127. The van der Waals surface area contributed by atoms with E-state index >= 15 is 0 Å². The lowest BCUT2D eigenvalue weighted by Gasteiger charge is -2.44.